The summed E-state index contributed by atoms with van der Waals surface area (Å²) in [7, 11) is 0. The van der Waals surface area contributed by atoms with Gasteiger partial charge in [0.1, 0.15) is 28.7 Å². The van der Waals surface area contributed by atoms with Crippen molar-refractivity contribution in [3.05, 3.63) is 65.9 Å². The molecule has 1 aliphatic rings. The normalized spacial score (nSPS) is 14.4. The summed E-state index contributed by atoms with van der Waals surface area (Å²) in [5.74, 6) is -0.444. The molecule has 0 atom stereocenters. The minimum Gasteiger partial charge on any atom is -0.455 e. The molecule has 4 nitrogen and oxygen atoms in total. The number of nitrogens with zero attached hydrogens (tertiary/aromatic N) is 2. The Hall–Kier alpha value is -3.02. The van der Waals surface area contributed by atoms with Gasteiger partial charge in [0.15, 0.2) is 0 Å². The first kappa shape index (κ1) is 19.3. The molecule has 0 saturated carbocycles. The second-order valence-corrected chi connectivity index (χ2v) is 7.82. The van der Waals surface area contributed by atoms with Crippen LogP contribution in [0.25, 0.3) is 10.9 Å². The SMILES string of the molecule is CC(C)(C(=O)N1CCCC1)c1c(F)cccc1Oc1cnc2c(F)cccc2c1. The molecule has 0 radical (unpaired) electrons. The predicted octanol–water partition coefficient (Wildman–Crippen LogP) is 5.21. The fraction of sp³-hybridized carbons (Fsp3) is 0.304. The summed E-state index contributed by atoms with van der Waals surface area (Å²) in [6.45, 7) is 4.81. The van der Waals surface area contributed by atoms with Crippen LogP contribution in [0.2, 0.25) is 0 Å². The monoisotopic (exact) mass is 396 g/mol. The Kier molecular flexibility index (Phi) is 4.94. The van der Waals surface area contributed by atoms with Crippen LogP contribution in [0.5, 0.6) is 11.5 Å². The molecule has 1 saturated heterocycles. The van der Waals surface area contributed by atoms with Crippen molar-refractivity contribution in [2.45, 2.75) is 32.1 Å². The molecule has 0 spiro atoms. The van der Waals surface area contributed by atoms with Gasteiger partial charge in [0.25, 0.3) is 0 Å². The number of fused-ring (bicyclic) bond motifs is 1. The first-order valence-corrected chi connectivity index (χ1v) is 9.68. The highest BCUT2D eigenvalue weighted by atomic mass is 19.1. The number of para-hydroxylation sites is 1. The Morgan fingerprint density at radius 1 is 1.07 bits per heavy atom. The quantitative estimate of drug-likeness (QED) is 0.608. The van der Waals surface area contributed by atoms with Crippen molar-refractivity contribution in [3.8, 4) is 11.5 Å². The minimum absolute atomic E-state index is 0.122. The lowest BCUT2D eigenvalue weighted by molar-refractivity contribution is -0.135. The van der Waals surface area contributed by atoms with Crippen LogP contribution in [-0.2, 0) is 10.2 Å². The van der Waals surface area contributed by atoms with E-state index in [0.717, 1.165) is 12.8 Å². The number of amides is 1. The summed E-state index contributed by atoms with van der Waals surface area (Å²) in [5.41, 5.74) is -0.651. The van der Waals surface area contributed by atoms with Gasteiger partial charge in [-0.15, -0.1) is 0 Å². The molecule has 2 aromatic carbocycles. The number of halogens is 2. The number of rotatable bonds is 4. The Bertz CT molecular complexity index is 1080. The lowest BCUT2D eigenvalue weighted by atomic mass is 9.82. The topological polar surface area (TPSA) is 42.4 Å². The summed E-state index contributed by atoms with van der Waals surface area (Å²) >= 11 is 0. The summed E-state index contributed by atoms with van der Waals surface area (Å²) in [5, 5.41) is 0.577. The molecule has 0 aliphatic carbocycles. The molecule has 1 fully saturated rings. The molecule has 150 valence electrons. The predicted molar refractivity (Wildman–Crippen MR) is 107 cm³/mol. The van der Waals surface area contributed by atoms with E-state index in [4.69, 9.17) is 4.74 Å². The fourth-order valence-electron chi connectivity index (χ4n) is 3.90. The van der Waals surface area contributed by atoms with Gasteiger partial charge < -0.3 is 9.64 Å². The molecule has 0 bridgehead atoms. The standard InChI is InChI=1S/C23H22F2N2O2/c1-23(2,22(28)27-11-3-4-12-27)20-17(24)8-6-10-19(20)29-16-13-15-7-5-9-18(25)21(15)26-14-16/h5-10,13-14H,3-4,11-12H2,1-2H3. The third-order valence-corrected chi connectivity index (χ3v) is 5.39. The van der Waals surface area contributed by atoms with Crippen LogP contribution >= 0.6 is 0 Å². The Morgan fingerprint density at radius 2 is 1.76 bits per heavy atom. The molecule has 0 unspecified atom stereocenters. The van der Waals surface area contributed by atoms with Gasteiger partial charge in [-0.2, -0.15) is 0 Å². The Morgan fingerprint density at radius 3 is 2.52 bits per heavy atom. The first-order valence-electron chi connectivity index (χ1n) is 9.68. The second kappa shape index (κ2) is 7.43. The third-order valence-electron chi connectivity index (χ3n) is 5.39. The third kappa shape index (κ3) is 3.55. The maximum absolute atomic E-state index is 14.9. The van der Waals surface area contributed by atoms with Crippen molar-refractivity contribution in [1.29, 1.82) is 0 Å². The maximum Gasteiger partial charge on any atom is 0.232 e. The van der Waals surface area contributed by atoms with Gasteiger partial charge in [0.2, 0.25) is 5.91 Å². The van der Waals surface area contributed by atoms with Crippen LogP contribution in [0.3, 0.4) is 0 Å². The number of carbonyl (C=O) groups excluding carboxylic acids is 1. The molecular formula is C23H22F2N2O2. The van der Waals surface area contributed by atoms with Crippen molar-refractivity contribution < 1.29 is 18.3 Å². The van der Waals surface area contributed by atoms with E-state index in [0.29, 0.717) is 24.2 Å². The zero-order valence-electron chi connectivity index (χ0n) is 16.4. The molecule has 29 heavy (non-hydrogen) atoms. The summed E-state index contributed by atoms with van der Waals surface area (Å²) in [4.78, 5) is 19.0. The van der Waals surface area contributed by atoms with Crippen LogP contribution in [0.1, 0.15) is 32.3 Å². The minimum atomic E-state index is -1.10. The average Bonchev–Trinajstić information content (AvgIpc) is 3.22. The maximum atomic E-state index is 14.9. The molecule has 4 rings (SSSR count). The van der Waals surface area contributed by atoms with Gasteiger partial charge in [-0.05, 0) is 51.0 Å². The van der Waals surface area contributed by atoms with Crippen LogP contribution < -0.4 is 4.74 Å². The summed E-state index contributed by atoms with van der Waals surface area (Å²) < 4.78 is 34.7. The van der Waals surface area contributed by atoms with Crippen molar-refractivity contribution in [1.82, 2.24) is 9.88 Å². The zero-order chi connectivity index (χ0) is 20.6. The summed E-state index contributed by atoms with van der Waals surface area (Å²) in [6.07, 6.45) is 3.32. The number of pyridine rings is 1. The highest BCUT2D eigenvalue weighted by Gasteiger charge is 2.39. The van der Waals surface area contributed by atoms with Crippen LogP contribution in [0, 0.1) is 11.6 Å². The molecule has 2 heterocycles. The zero-order valence-corrected chi connectivity index (χ0v) is 16.4. The molecule has 1 amide bonds. The van der Waals surface area contributed by atoms with E-state index in [1.54, 1.807) is 49.1 Å². The molecule has 3 aromatic rings. The van der Waals surface area contributed by atoms with E-state index in [9.17, 15) is 13.6 Å². The van der Waals surface area contributed by atoms with E-state index in [2.05, 4.69) is 4.98 Å². The second-order valence-electron chi connectivity index (χ2n) is 7.82. The highest BCUT2D eigenvalue weighted by molar-refractivity contribution is 5.88. The number of hydrogen-bond acceptors (Lipinski definition) is 3. The van der Waals surface area contributed by atoms with Gasteiger partial charge in [0, 0.05) is 24.0 Å². The van der Waals surface area contributed by atoms with Crippen molar-refractivity contribution in [2.24, 2.45) is 0 Å². The lowest BCUT2D eigenvalue weighted by Crippen LogP contribution is -2.42. The molecule has 6 heteroatoms. The fourth-order valence-corrected chi connectivity index (χ4v) is 3.90. The van der Waals surface area contributed by atoms with E-state index < -0.39 is 17.0 Å². The largest absolute Gasteiger partial charge is 0.455 e. The number of carbonyl (C=O) groups is 1. The first-order chi connectivity index (χ1) is 13.9. The van der Waals surface area contributed by atoms with E-state index >= 15 is 0 Å². The molecular weight excluding hydrogens is 374 g/mol. The van der Waals surface area contributed by atoms with Crippen LogP contribution in [0.15, 0.2) is 48.7 Å². The summed E-state index contributed by atoms with van der Waals surface area (Å²) in [6, 6.07) is 10.8. The van der Waals surface area contributed by atoms with Gasteiger partial charge >= 0.3 is 0 Å². The van der Waals surface area contributed by atoms with Gasteiger partial charge in [-0.25, -0.2) is 13.8 Å². The van der Waals surface area contributed by atoms with Crippen molar-refractivity contribution in [2.75, 3.05) is 13.1 Å². The Balaban J connectivity index is 1.72. The van der Waals surface area contributed by atoms with Crippen molar-refractivity contribution in [3.63, 3.8) is 0 Å². The molecule has 0 N–H and O–H groups in total. The van der Waals surface area contributed by atoms with Crippen LogP contribution in [0.4, 0.5) is 8.78 Å². The lowest BCUT2D eigenvalue weighted by Gasteiger charge is -2.31. The number of hydrogen-bond donors (Lipinski definition) is 0. The van der Waals surface area contributed by atoms with Crippen molar-refractivity contribution >= 4 is 16.8 Å². The molecule has 1 aliphatic heterocycles. The number of likely N-dealkylation sites (tertiary alicyclic amines) is 1. The average molecular weight is 396 g/mol. The van der Waals surface area contributed by atoms with E-state index in [-0.39, 0.29) is 22.7 Å². The smallest absolute Gasteiger partial charge is 0.232 e. The number of ether oxygens (including phenoxy) is 1. The highest BCUT2D eigenvalue weighted by Crippen LogP contribution is 2.38. The van der Waals surface area contributed by atoms with Gasteiger partial charge in [-0.3, -0.25) is 4.79 Å². The number of aromatic nitrogens is 1. The van der Waals surface area contributed by atoms with E-state index in [1.807, 2.05) is 0 Å². The van der Waals surface area contributed by atoms with Crippen LogP contribution in [-0.4, -0.2) is 28.9 Å². The van der Waals surface area contributed by atoms with Gasteiger partial charge in [-0.1, -0.05) is 18.2 Å². The van der Waals surface area contributed by atoms with E-state index in [1.165, 1.54) is 18.3 Å². The molecule has 1 aromatic heterocycles. The van der Waals surface area contributed by atoms with Gasteiger partial charge in [0.05, 0.1) is 11.6 Å². The Labute approximate surface area is 168 Å². The number of benzene rings is 2.